The van der Waals surface area contributed by atoms with E-state index < -0.39 is 0 Å². The number of carbonyl (C=O) groups excluding carboxylic acids is 1. The number of thiophene rings is 1. The van der Waals surface area contributed by atoms with Crippen LogP contribution in [-0.2, 0) is 0 Å². The van der Waals surface area contributed by atoms with Crippen LogP contribution in [0.25, 0.3) is 0 Å². The van der Waals surface area contributed by atoms with Crippen LogP contribution in [0.1, 0.15) is 42.3 Å². The van der Waals surface area contributed by atoms with Crippen LogP contribution in [-0.4, -0.2) is 26.0 Å². The number of nitrogen functional groups attached to an aromatic ring is 1. The van der Waals surface area contributed by atoms with Gasteiger partial charge in [-0.05, 0) is 31.2 Å². The molecule has 19 heavy (non-hydrogen) atoms. The summed E-state index contributed by atoms with van der Waals surface area (Å²) in [6, 6.07) is 1.95. The summed E-state index contributed by atoms with van der Waals surface area (Å²) in [6.45, 7) is 4.42. The third-order valence-electron chi connectivity index (χ3n) is 3.92. The number of amides is 1. The molecule has 1 unspecified atom stereocenters. The zero-order valence-electron chi connectivity index (χ0n) is 11.7. The van der Waals surface area contributed by atoms with Crippen LogP contribution in [0.5, 0.6) is 0 Å². The Morgan fingerprint density at radius 1 is 1.53 bits per heavy atom. The summed E-state index contributed by atoms with van der Waals surface area (Å²) in [5.74, 6) is 0.760. The maximum absolute atomic E-state index is 11.7. The number of rotatable bonds is 3. The lowest BCUT2D eigenvalue weighted by molar-refractivity contribution is 0.0968. The van der Waals surface area contributed by atoms with Gasteiger partial charge in [-0.2, -0.15) is 0 Å². The van der Waals surface area contributed by atoms with E-state index in [0.29, 0.717) is 10.6 Å². The van der Waals surface area contributed by atoms with Crippen molar-refractivity contribution in [2.45, 2.75) is 32.6 Å². The molecule has 1 aliphatic heterocycles. The summed E-state index contributed by atoms with van der Waals surface area (Å²) >= 11 is 1.51. The minimum atomic E-state index is -0.0880. The molecule has 2 heterocycles. The van der Waals surface area contributed by atoms with Crippen LogP contribution in [0.15, 0.2) is 6.07 Å². The van der Waals surface area contributed by atoms with Gasteiger partial charge in [0.25, 0.3) is 5.91 Å². The monoisotopic (exact) mass is 281 g/mol. The molecule has 1 amide bonds. The third kappa shape index (κ3) is 3.21. The summed E-state index contributed by atoms with van der Waals surface area (Å²) in [5, 5.41) is 3.77. The average molecular weight is 281 g/mol. The Morgan fingerprint density at radius 3 is 3.00 bits per heavy atom. The third-order valence-corrected chi connectivity index (χ3v) is 5.13. The van der Waals surface area contributed by atoms with Crippen LogP contribution >= 0.6 is 11.3 Å². The van der Waals surface area contributed by atoms with Crippen LogP contribution in [0.3, 0.4) is 0 Å². The number of anilines is 2. The summed E-state index contributed by atoms with van der Waals surface area (Å²) in [6.07, 6.45) is 5.05. The van der Waals surface area contributed by atoms with Gasteiger partial charge in [-0.1, -0.05) is 13.3 Å². The molecule has 0 radical (unpaired) electrons. The Hall–Kier alpha value is -1.23. The first-order valence-corrected chi connectivity index (χ1v) is 7.83. The average Bonchev–Trinajstić information content (AvgIpc) is 2.66. The van der Waals surface area contributed by atoms with E-state index in [-0.39, 0.29) is 5.91 Å². The Labute approximate surface area is 119 Å². The van der Waals surface area contributed by atoms with Crippen molar-refractivity contribution in [3.8, 4) is 0 Å². The molecule has 1 aromatic rings. The second kappa shape index (κ2) is 6.28. The molecule has 2 rings (SSSR count). The maximum Gasteiger partial charge on any atom is 0.263 e. The highest BCUT2D eigenvalue weighted by Gasteiger charge is 2.20. The minimum Gasteiger partial charge on any atom is -0.397 e. The van der Waals surface area contributed by atoms with Crippen LogP contribution in [0.4, 0.5) is 10.7 Å². The maximum atomic E-state index is 11.7. The zero-order valence-corrected chi connectivity index (χ0v) is 12.6. The van der Waals surface area contributed by atoms with Gasteiger partial charge in [0.05, 0.1) is 10.7 Å². The fraction of sp³-hybridized carbons (Fsp3) is 0.643. The van der Waals surface area contributed by atoms with Gasteiger partial charge in [-0.15, -0.1) is 11.3 Å². The van der Waals surface area contributed by atoms with E-state index in [1.54, 1.807) is 7.05 Å². The van der Waals surface area contributed by atoms with E-state index in [1.807, 2.05) is 6.07 Å². The van der Waals surface area contributed by atoms with Gasteiger partial charge in [0, 0.05) is 20.1 Å². The lowest BCUT2D eigenvalue weighted by Gasteiger charge is -2.20. The molecule has 1 fully saturated rings. The van der Waals surface area contributed by atoms with E-state index in [2.05, 4.69) is 17.1 Å². The van der Waals surface area contributed by atoms with Gasteiger partial charge in [0.1, 0.15) is 4.88 Å². The highest BCUT2D eigenvalue weighted by molar-refractivity contribution is 7.18. The first kappa shape index (κ1) is 14.2. The summed E-state index contributed by atoms with van der Waals surface area (Å²) in [7, 11) is 1.64. The molecule has 1 saturated heterocycles. The quantitative estimate of drug-likeness (QED) is 0.895. The first-order chi connectivity index (χ1) is 9.15. The molecule has 0 spiro atoms. The minimum absolute atomic E-state index is 0.0880. The molecular formula is C14H23N3OS. The van der Waals surface area contributed by atoms with E-state index in [4.69, 9.17) is 5.73 Å². The standard InChI is InChI=1S/C14H23N3OS/c1-3-10-5-4-7-17(8-6-10)12-9-11(15)13(19-12)14(18)16-2/h9-10H,3-8,15H2,1-2H3,(H,16,18). The van der Waals surface area contributed by atoms with E-state index in [1.165, 1.54) is 37.0 Å². The van der Waals surface area contributed by atoms with Gasteiger partial charge in [-0.3, -0.25) is 4.79 Å². The SMILES string of the molecule is CCC1CCCN(c2cc(N)c(C(=O)NC)s2)CC1. The topological polar surface area (TPSA) is 58.4 Å². The second-order valence-corrected chi connectivity index (χ2v) is 6.17. The molecular weight excluding hydrogens is 258 g/mol. The van der Waals surface area contributed by atoms with Gasteiger partial charge in [-0.25, -0.2) is 0 Å². The van der Waals surface area contributed by atoms with Crippen LogP contribution in [0.2, 0.25) is 0 Å². The fourth-order valence-corrected chi connectivity index (χ4v) is 3.71. The predicted octanol–water partition coefficient (Wildman–Crippen LogP) is 2.71. The molecule has 5 heteroatoms. The highest BCUT2D eigenvalue weighted by Crippen LogP contribution is 2.34. The van der Waals surface area contributed by atoms with Crippen molar-refractivity contribution in [3.63, 3.8) is 0 Å². The van der Waals surface area contributed by atoms with Gasteiger partial charge in [0.2, 0.25) is 0 Å². The molecule has 1 aliphatic rings. The Morgan fingerprint density at radius 2 is 2.32 bits per heavy atom. The lowest BCUT2D eigenvalue weighted by atomic mass is 9.98. The van der Waals surface area contributed by atoms with Crippen molar-refractivity contribution in [3.05, 3.63) is 10.9 Å². The van der Waals surface area contributed by atoms with Crippen molar-refractivity contribution >= 4 is 27.9 Å². The Kier molecular flexibility index (Phi) is 4.69. The van der Waals surface area contributed by atoms with Crippen LogP contribution in [0, 0.1) is 5.92 Å². The number of carbonyl (C=O) groups is 1. The second-order valence-electron chi connectivity index (χ2n) is 5.14. The van der Waals surface area contributed by atoms with E-state index in [0.717, 1.165) is 24.0 Å². The predicted molar refractivity (Wildman–Crippen MR) is 82.0 cm³/mol. The first-order valence-electron chi connectivity index (χ1n) is 7.02. The molecule has 1 atom stereocenters. The zero-order chi connectivity index (χ0) is 13.8. The van der Waals surface area contributed by atoms with Gasteiger partial charge in [0.15, 0.2) is 0 Å². The summed E-state index contributed by atoms with van der Waals surface area (Å²) in [4.78, 5) is 14.7. The van der Waals surface area contributed by atoms with Crippen molar-refractivity contribution in [2.75, 3.05) is 30.8 Å². The molecule has 0 saturated carbocycles. The number of hydrogen-bond acceptors (Lipinski definition) is 4. The fourth-order valence-electron chi connectivity index (χ4n) is 2.63. The van der Waals surface area contributed by atoms with Gasteiger partial charge >= 0.3 is 0 Å². The van der Waals surface area contributed by atoms with Crippen molar-refractivity contribution in [2.24, 2.45) is 5.92 Å². The smallest absolute Gasteiger partial charge is 0.263 e. The Balaban J connectivity index is 2.11. The summed E-state index contributed by atoms with van der Waals surface area (Å²) in [5.41, 5.74) is 6.53. The Bertz CT molecular complexity index is 444. The largest absolute Gasteiger partial charge is 0.397 e. The lowest BCUT2D eigenvalue weighted by Crippen LogP contribution is -2.23. The molecule has 0 aliphatic carbocycles. The number of nitrogens with one attached hydrogen (secondary N) is 1. The molecule has 4 nitrogen and oxygen atoms in total. The van der Waals surface area contributed by atoms with E-state index in [9.17, 15) is 4.79 Å². The molecule has 0 aromatic carbocycles. The number of hydrogen-bond donors (Lipinski definition) is 2. The summed E-state index contributed by atoms with van der Waals surface area (Å²) < 4.78 is 0. The van der Waals surface area contributed by atoms with Gasteiger partial charge < -0.3 is 16.0 Å². The van der Waals surface area contributed by atoms with Crippen molar-refractivity contribution in [1.29, 1.82) is 0 Å². The van der Waals surface area contributed by atoms with Crippen LogP contribution < -0.4 is 16.0 Å². The normalized spacial score (nSPS) is 20.1. The molecule has 1 aromatic heterocycles. The molecule has 3 N–H and O–H groups in total. The number of nitrogens with two attached hydrogens (primary N) is 1. The van der Waals surface area contributed by atoms with Crippen molar-refractivity contribution in [1.82, 2.24) is 5.32 Å². The number of nitrogens with zero attached hydrogens (tertiary/aromatic N) is 1. The highest BCUT2D eigenvalue weighted by atomic mass is 32.1. The molecule has 0 bridgehead atoms. The van der Waals surface area contributed by atoms with E-state index >= 15 is 0 Å². The molecule has 106 valence electrons. The van der Waals surface area contributed by atoms with Crippen molar-refractivity contribution < 1.29 is 4.79 Å².